The fraction of sp³-hybridized carbons (Fsp3) is 0.250. The van der Waals surface area contributed by atoms with E-state index in [4.69, 9.17) is 55.9 Å². The van der Waals surface area contributed by atoms with Crippen LogP contribution in [0.2, 0.25) is 0 Å². The van der Waals surface area contributed by atoms with Crippen molar-refractivity contribution >= 4 is 70.3 Å². The van der Waals surface area contributed by atoms with E-state index >= 15 is 0 Å². The van der Waals surface area contributed by atoms with Crippen molar-refractivity contribution in [3.63, 3.8) is 0 Å². The van der Waals surface area contributed by atoms with Crippen LogP contribution < -0.4 is 18.4 Å². The van der Waals surface area contributed by atoms with Crippen LogP contribution >= 0.6 is 46.4 Å². The molecule has 0 heterocycles. The van der Waals surface area contributed by atoms with Gasteiger partial charge in [-0.3, -0.25) is 0 Å². The zero-order valence-electron chi connectivity index (χ0n) is 12.4. The molecule has 2 aromatic carbocycles. The predicted molar refractivity (Wildman–Crippen MR) is 99.9 cm³/mol. The second-order valence-electron chi connectivity index (χ2n) is 4.51. The second kappa shape index (κ2) is 8.71. The average Bonchev–Trinajstić information content (AvgIpc) is 2.55. The van der Waals surface area contributed by atoms with Crippen molar-refractivity contribution in [1.82, 2.24) is 0 Å². The molecule has 0 amide bonds. The number of ether oxygens (including phenoxy) is 2. The first kappa shape index (κ1) is 19.0. The molecule has 7 heteroatoms. The van der Waals surface area contributed by atoms with Crippen LogP contribution in [0, 0.1) is 0 Å². The Morgan fingerprint density at radius 2 is 1.13 bits per heavy atom. The Morgan fingerprint density at radius 1 is 0.739 bits per heavy atom. The van der Waals surface area contributed by atoms with Crippen LogP contribution in [-0.2, 0) is 0 Å². The first-order valence-corrected chi connectivity index (χ1v) is 10.0. The van der Waals surface area contributed by atoms with Crippen molar-refractivity contribution in [1.29, 1.82) is 0 Å². The molecule has 124 valence electrons. The third-order valence-corrected chi connectivity index (χ3v) is 6.55. The SMILES string of the molecule is COc1ccc([Se]c2ccc(OC)cc2C(Cl)Cl)c(C(Cl)Cl)c1. The minimum atomic E-state index is -0.633. The molecule has 0 spiro atoms. The van der Waals surface area contributed by atoms with Crippen molar-refractivity contribution in [3.8, 4) is 11.5 Å². The standard InChI is InChI=1S/C16H14Cl4O2Se/c1-21-9-3-5-13(11(7-9)15(17)18)23-14-6-4-10(22-2)8-12(14)16(19)20/h3-8,15-16H,1-2H3. The summed E-state index contributed by atoms with van der Waals surface area (Å²) in [6.07, 6.45) is 0. The normalized spacial score (nSPS) is 11.1. The molecule has 0 aliphatic carbocycles. The van der Waals surface area contributed by atoms with Crippen molar-refractivity contribution in [3.05, 3.63) is 47.5 Å². The molecule has 0 N–H and O–H groups in total. The zero-order valence-corrected chi connectivity index (χ0v) is 17.1. The molecule has 0 atom stereocenters. The van der Waals surface area contributed by atoms with Crippen LogP contribution in [0.3, 0.4) is 0 Å². The van der Waals surface area contributed by atoms with Crippen LogP contribution in [0.1, 0.15) is 20.8 Å². The third kappa shape index (κ3) is 4.85. The molecule has 2 aromatic rings. The van der Waals surface area contributed by atoms with E-state index in [1.807, 2.05) is 36.4 Å². The monoisotopic (exact) mass is 458 g/mol. The van der Waals surface area contributed by atoms with E-state index in [0.29, 0.717) is 11.5 Å². The van der Waals surface area contributed by atoms with Gasteiger partial charge >= 0.3 is 163 Å². The van der Waals surface area contributed by atoms with Crippen LogP contribution in [0.15, 0.2) is 36.4 Å². The number of methoxy groups -OCH3 is 2. The predicted octanol–water partition coefficient (Wildman–Crippen LogP) is 4.31. The number of hydrogen-bond acceptors (Lipinski definition) is 2. The number of alkyl halides is 4. The van der Waals surface area contributed by atoms with Gasteiger partial charge in [-0.2, -0.15) is 0 Å². The van der Waals surface area contributed by atoms with Crippen LogP contribution in [-0.4, -0.2) is 29.2 Å². The Balaban J connectivity index is 2.43. The first-order chi connectivity index (χ1) is 11.0. The number of halogens is 4. The molecule has 0 saturated carbocycles. The fourth-order valence-corrected chi connectivity index (χ4v) is 5.57. The fourth-order valence-electron chi connectivity index (χ4n) is 1.95. The van der Waals surface area contributed by atoms with Gasteiger partial charge in [0.1, 0.15) is 0 Å². The Kier molecular flexibility index (Phi) is 7.21. The summed E-state index contributed by atoms with van der Waals surface area (Å²) in [5.74, 6) is 1.43. The Bertz CT molecular complexity index is 620. The van der Waals surface area contributed by atoms with E-state index in [0.717, 1.165) is 20.1 Å². The van der Waals surface area contributed by atoms with Gasteiger partial charge in [0.2, 0.25) is 0 Å². The molecule has 0 fully saturated rings. The summed E-state index contributed by atoms with van der Waals surface area (Å²) in [7, 11) is 3.21. The maximum atomic E-state index is 6.10. The average molecular weight is 459 g/mol. The zero-order chi connectivity index (χ0) is 17.0. The van der Waals surface area contributed by atoms with Gasteiger partial charge in [-0.15, -0.1) is 0 Å². The number of rotatable bonds is 6. The summed E-state index contributed by atoms with van der Waals surface area (Å²) >= 11 is 24.3. The van der Waals surface area contributed by atoms with Crippen molar-refractivity contribution in [2.45, 2.75) is 9.67 Å². The molecular weight excluding hydrogens is 445 g/mol. The Morgan fingerprint density at radius 3 is 1.43 bits per heavy atom. The van der Waals surface area contributed by atoms with Gasteiger partial charge < -0.3 is 0 Å². The molecule has 0 aliphatic heterocycles. The minimum absolute atomic E-state index is 0.0622. The number of benzene rings is 2. The summed E-state index contributed by atoms with van der Waals surface area (Å²) in [5.41, 5.74) is 1.66. The van der Waals surface area contributed by atoms with Gasteiger partial charge in [-0.25, -0.2) is 0 Å². The van der Waals surface area contributed by atoms with E-state index in [2.05, 4.69) is 0 Å². The molecule has 0 aliphatic rings. The first-order valence-electron chi connectivity index (χ1n) is 6.56. The summed E-state index contributed by atoms with van der Waals surface area (Å²) in [4.78, 5) is -1.27. The molecule has 2 nitrogen and oxygen atoms in total. The van der Waals surface area contributed by atoms with Crippen LogP contribution in [0.4, 0.5) is 0 Å². The van der Waals surface area contributed by atoms with Gasteiger partial charge in [-0.05, 0) is 0 Å². The van der Waals surface area contributed by atoms with E-state index in [-0.39, 0.29) is 15.0 Å². The van der Waals surface area contributed by atoms with Gasteiger partial charge in [0.25, 0.3) is 0 Å². The molecule has 0 aromatic heterocycles. The van der Waals surface area contributed by atoms with E-state index in [9.17, 15) is 0 Å². The Labute approximate surface area is 162 Å². The van der Waals surface area contributed by atoms with Crippen molar-refractivity contribution in [2.24, 2.45) is 0 Å². The molecule has 0 bridgehead atoms. The quantitative estimate of drug-likeness (QED) is 0.474. The second-order valence-corrected chi connectivity index (χ2v) is 8.98. The molecule has 0 radical (unpaired) electrons. The number of hydrogen-bond donors (Lipinski definition) is 0. The van der Waals surface area contributed by atoms with Crippen molar-refractivity contribution < 1.29 is 9.47 Å². The van der Waals surface area contributed by atoms with Gasteiger partial charge in [0.05, 0.1) is 0 Å². The topological polar surface area (TPSA) is 18.5 Å². The molecule has 2 rings (SSSR count). The van der Waals surface area contributed by atoms with Crippen LogP contribution in [0.5, 0.6) is 11.5 Å². The molecule has 0 unspecified atom stereocenters. The summed E-state index contributed by atoms with van der Waals surface area (Å²) < 4.78 is 12.6. The van der Waals surface area contributed by atoms with E-state index in [1.165, 1.54) is 0 Å². The Hall–Kier alpha value is -0.281. The van der Waals surface area contributed by atoms with Gasteiger partial charge in [0, 0.05) is 0 Å². The van der Waals surface area contributed by atoms with E-state index < -0.39 is 9.67 Å². The summed E-state index contributed by atoms with van der Waals surface area (Å²) in [5, 5.41) is 0. The summed E-state index contributed by atoms with van der Waals surface area (Å²) in [6.45, 7) is 0. The van der Waals surface area contributed by atoms with Crippen LogP contribution in [0.25, 0.3) is 0 Å². The van der Waals surface area contributed by atoms with E-state index in [1.54, 1.807) is 14.2 Å². The van der Waals surface area contributed by atoms with Gasteiger partial charge in [0.15, 0.2) is 0 Å². The molecule has 23 heavy (non-hydrogen) atoms. The van der Waals surface area contributed by atoms with Crippen molar-refractivity contribution in [2.75, 3.05) is 14.2 Å². The maximum absolute atomic E-state index is 6.10. The van der Waals surface area contributed by atoms with Gasteiger partial charge in [-0.1, -0.05) is 0 Å². The molecular formula is C16H14Cl4O2Se. The third-order valence-electron chi connectivity index (χ3n) is 3.12. The summed E-state index contributed by atoms with van der Waals surface area (Å²) in [6, 6.07) is 11.4. The molecule has 0 saturated heterocycles.